The Hall–Kier alpha value is -1.91. The van der Waals surface area contributed by atoms with E-state index in [1.165, 1.54) is 24.3 Å². The number of cyclic esters (lactones) is 2. The van der Waals surface area contributed by atoms with Crippen LogP contribution in [-0.2, 0) is 9.53 Å². The van der Waals surface area contributed by atoms with Gasteiger partial charge in [0.05, 0.1) is 0 Å². The van der Waals surface area contributed by atoms with Gasteiger partial charge in [-0.3, -0.25) is 4.90 Å². The lowest BCUT2D eigenvalue weighted by Gasteiger charge is -2.10. The molecule has 14 heavy (non-hydrogen) atoms. The molecule has 0 bridgehead atoms. The second kappa shape index (κ2) is 3.10. The van der Waals surface area contributed by atoms with E-state index in [1.807, 2.05) is 0 Å². The zero-order chi connectivity index (χ0) is 10.1. The first kappa shape index (κ1) is 8.68. The van der Waals surface area contributed by atoms with Crippen LogP contribution in [0.25, 0.3) is 0 Å². The number of nitrogens with zero attached hydrogens (tertiary/aromatic N) is 1. The minimum atomic E-state index is -0.721. The van der Waals surface area contributed by atoms with E-state index < -0.39 is 17.9 Å². The highest BCUT2D eigenvalue weighted by Gasteiger charge is 2.30. The summed E-state index contributed by atoms with van der Waals surface area (Å²) >= 11 is 0. The van der Waals surface area contributed by atoms with Crippen molar-refractivity contribution in [3.05, 3.63) is 30.1 Å². The predicted molar refractivity (Wildman–Crippen MR) is 45.2 cm³/mol. The van der Waals surface area contributed by atoms with Crippen molar-refractivity contribution in [3.63, 3.8) is 0 Å². The Morgan fingerprint density at radius 1 is 1.21 bits per heavy atom. The molecule has 0 radical (unpaired) electrons. The molecule has 4 nitrogen and oxygen atoms in total. The molecule has 1 aromatic carbocycles. The molecule has 0 spiro atoms. The monoisotopic (exact) mass is 195 g/mol. The number of esters is 1. The van der Waals surface area contributed by atoms with Gasteiger partial charge in [0.1, 0.15) is 12.4 Å². The van der Waals surface area contributed by atoms with Crippen molar-refractivity contribution in [3.8, 4) is 0 Å². The Kier molecular flexibility index (Phi) is 1.92. The fourth-order valence-electron chi connectivity index (χ4n) is 1.20. The van der Waals surface area contributed by atoms with Crippen LogP contribution in [0.5, 0.6) is 0 Å². The zero-order valence-corrected chi connectivity index (χ0v) is 7.07. The molecular weight excluding hydrogens is 189 g/mol. The minimum Gasteiger partial charge on any atom is -0.374 e. The Balaban J connectivity index is 2.27. The molecule has 72 valence electrons. The molecule has 1 heterocycles. The molecule has 0 atom stereocenters. The SMILES string of the molecule is O=C1CN(c2ccc(F)cc2)C(=O)O1. The third-order valence-electron chi connectivity index (χ3n) is 1.85. The molecule has 1 amide bonds. The standard InChI is InChI=1S/C9H6FNO3/c10-6-1-3-7(4-2-6)11-5-8(12)14-9(11)13/h1-4H,5H2. The van der Waals surface area contributed by atoms with Gasteiger partial charge < -0.3 is 4.74 Å². The van der Waals surface area contributed by atoms with E-state index in [2.05, 4.69) is 4.74 Å². The van der Waals surface area contributed by atoms with Crippen molar-refractivity contribution in [1.29, 1.82) is 0 Å². The molecule has 0 N–H and O–H groups in total. The number of hydrogen-bond acceptors (Lipinski definition) is 3. The number of rotatable bonds is 1. The number of anilines is 1. The van der Waals surface area contributed by atoms with Crippen LogP contribution in [0, 0.1) is 5.82 Å². The van der Waals surface area contributed by atoms with Crippen molar-refractivity contribution in [2.24, 2.45) is 0 Å². The average molecular weight is 195 g/mol. The molecule has 2 rings (SSSR count). The van der Waals surface area contributed by atoms with Crippen LogP contribution in [0.1, 0.15) is 0 Å². The molecule has 1 aliphatic rings. The van der Waals surface area contributed by atoms with E-state index in [9.17, 15) is 14.0 Å². The van der Waals surface area contributed by atoms with Crippen LogP contribution in [0.2, 0.25) is 0 Å². The summed E-state index contributed by atoms with van der Waals surface area (Å²) in [7, 11) is 0. The van der Waals surface area contributed by atoms with Gasteiger partial charge >= 0.3 is 12.1 Å². The van der Waals surface area contributed by atoms with E-state index in [0.29, 0.717) is 5.69 Å². The highest BCUT2D eigenvalue weighted by molar-refractivity contribution is 6.04. The van der Waals surface area contributed by atoms with Crippen molar-refractivity contribution in [2.45, 2.75) is 0 Å². The van der Waals surface area contributed by atoms with Gasteiger partial charge in [0.15, 0.2) is 0 Å². The lowest BCUT2D eigenvalue weighted by Crippen LogP contribution is -2.23. The maximum atomic E-state index is 12.5. The number of halogens is 1. The summed E-state index contributed by atoms with van der Waals surface area (Å²) in [6, 6.07) is 5.25. The number of hydrogen-bond donors (Lipinski definition) is 0. The third kappa shape index (κ3) is 1.44. The van der Waals surface area contributed by atoms with Gasteiger partial charge in [0.25, 0.3) is 0 Å². The van der Waals surface area contributed by atoms with Crippen LogP contribution in [0.3, 0.4) is 0 Å². The molecule has 0 unspecified atom stereocenters. The van der Waals surface area contributed by atoms with E-state index >= 15 is 0 Å². The van der Waals surface area contributed by atoms with E-state index in [-0.39, 0.29) is 6.54 Å². The Bertz CT molecular complexity index is 388. The molecule has 1 aliphatic heterocycles. The Labute approximate surface area is 78.9 Å². The summed E-state index contributed by atoms with van der Waals surface area (Å²) < 4.78 is 16.9. The summed E-state index contributed by atoms with van der Waals surface area (Å²) in [6.07, 6.45) is -0.721. The predicted octanol–water partition coefficient (Wildman–Crippen LogP) is 1.31. The van der Waals surface area contributed by atoms with Crippen molar-refractivity contribution in [2.75, 3.05) is 11.4 Å². The number of carbonyl (C=O) groups is 2. The van der Waals surface area contributed by atoms with Crippen molar-refractivity contribution >= 4 is 17.7 Å². The Morgan fingerprint density at radius 2 is 1.86 bits per heavy atom. The van der Waals surface area contributed by atoms with Gasteiger partial charge in [0.2, 0.25) is 0 Å². The van der Waals surface area contributed by atoms with Crippen molar-refractivity contribution in [1.82, 2.24) is 0 Å². The molecular formula is C9H6FNO3. The molecule has 1 fully saturated rings. The maximum Gasteiger partial charge on any atom is 0.422 e. The van der Waals surface area contributed by atoms with Crippen LogP contribution < -0.4 is 4.90 Å². The molecule has 0 aromatic heterocycles. The number of ether oxygens (including phenoxy) is 1. The van der Waals surface area contributed by atoms with Crippen LogP contribution in [-0.4, -0.2) is 18.6 Å². The largest absolute Gasteiger partial charge is 0.422 e. The summed E-state index contributed by atoms with van der Waals surface area (Å²) in [6.45, 7) is -0.121. The van der Waals surface area contributed by atoms with Gasteiger partial charge in [-0.05, 0) is 24.3 Å². The number of amides is 1. The van der Waals surface area contributed by atoms with Gasteiger partial charge in [-0.15, -0.1) is 0 Å². The van der Waals surface area contributed by atoms with E-state index in [1.54, 1.807) is 0 Å². The van der Waals surface area contributed by atoms with Crippen LogP contribution in [0.15, 0.2) is 24.3 Å². The third-order valence-corrected chi connectivity index (χ3v) is 1.85. The lowest BCUT2D eigenvalue weighted by molar-refractivity contribution is -0.132. The van der Waals surface area contributed by atoms with Gasteiger partial charge in [0, 0.05) is 5.69 Å². The maximum absolute atomic E-state index is 12.5. The highest BCUT2D eigenvalue weighted by atomic mass is 19.1. The quantitative estimate of drug-likeness (QED) is 0.501. The van der Waals surface area contributed by atoms with E-state index in [0.717, 1.165) is 4.90 Å². The average Bonchev–Trinajstić information content (AvgIpc) is 2.47. The summed E-state index contributed by atoms with van der Waals surface area (Å²) in [5.41, 5.74) is 0.447. The summed E-state index contributed by atoms with van der Waals surface area (Å²) in [4.78, 5) is 22.9. The first-order valence-corrected chi connectivity index (χ1v) is 3.94. The molecule has 0 saturated carbocycles. The van der Waals surface area contributed by atoms with E-state index in [4.69, 9.17) is 0 Å². The lowest BCUT2D eigenvalue weighted by atomic mass is 10.3. The molecule has 0 aliphatic carbocycles. The Morgan fingerprint density at radius 3 is 2.36 bits per heavy atom. The molecule has 5 heteroatoms. The highest BCUT2D eigenvalue weighted by Crippen LogP contribution is 2.18. The second-order valence-electron chi connectivity index (χ2n) is 2.80. The van der Waals surface area contributed by atoms with Gasteiger partial charge in [-0.1, -0.05) is 0 Å². The van der Waals surface area contributed by atoms with Gasteiger partial charge in [-0.25, -0.2) is 14.0 Å². The minimum absolute atomic E-state index is 0.121. The zero-order valence-electron chi connectivity index (χ0n) is 7.07. The summed E-state index contributed by atoms with van der Waals surface area (Å²) in [5, 5.41) is 0. The fraction of sp³-hybridized carbons (Fsp3) is 0.111. The number of carbonyl (C=O) groups excluding carboxylic acids is 2. The van der Waals surface area contributed by atoms with Crippen molar-refractivity contribution < 1.29 is 18.7 Å². The van der Waals surface area contributed by atoms with Crippen LogP contribution >= 0.6 is 0 Å². The first-order valence-electron chi connectivity index (χ1n) is 3.94. The van der Waals surface area contributed by atoms with Crippen LogP contribution in [0.4, 0.5) is 14.9 Å². The number of benzene rings is 1. The van der Waals surface area contributed by atoms with Gasteiger partial charge in [-0.2, -0.15) is 0 Å². The smallest absolute Gasteiger partial charge is 0.374 e. The first-order chi connectivity index (χ1) is 6.66. The topological polar surface area (TPSA) is 46.6 Å². The molecule has 1 saturated heterocycles. The normalized spacial score (nSPS) is 15.9. The molecule has 1 aromatic rings. The summed E-state index contributed by atoms with van der Waals surface area (Å²) in [5.74, 6) is -0.994. The fourth-order valence-corrected chi connectivity index (χ4v) is 1.20. The second-order valence-corrected chi connectivity index (χ2v) is 2.80.